The predicted molar refractivity (Wildman–Crippen MR) is 64.1 cm³/mol. The van der Waals surface area contributed by atoms with Crippen molar-refractivity contribution in [3.8, 4) is 0 Å². The number of rotatable bonds is 0. The zero-order valence-corrected chi connectivity index (χ0v) is 9.87. The molecule has 1 fully saturated rings. The van der Waals surface area contributed by atoms with Gasteiger partial charge in [-0.25, -0.2) is 0 Å². The summed E-state index contributed by atoms with van der Waals surface area (Å²) < 4.78 is 6.03. The van der Waals surface area contributed by atoms with Crippen molar-refractivity contribution in [2.24, 2.45) is 11.8 Å². The molecule has 0 aromatic rings. The molecule has 0 amide bonds. The van der Waals surface area contributed by atoms with E-state index in [0.717, 1.165) is 18.4 Å². The van der Waals surface area contributed by atoms with Gasteiger partial charge in [-0.3, -0.25) is 0 Å². The van der Waals surface area contributed by atoms with E-state index >= 15 is 0 Å². The van der Waals surface area contributed by atoms with Crippen molar-refractivity contribution in [2.45, 2.75) is 51.0 Å². The summed E-state index contributed by atoms with van der Waals surface area (Å²) in [6.45, 7) is 1.02. The van der Waals surface area contributed by atoms with E-state index in [4.69, 9.17) is 4.74 Å². The molecular formula is C15H20O. The lowest BCUT2D eigenvalue weighted by atomic mass is 9.67. The molecule has 0 aromatic heterocycles. The Balaban J connectivity index is 1.84. The first-order valence-electron chi connectivity index (χ1n) is 6.98. The maximum Gasteiger partial charge on any atom is 0.0800 e. The van der Waals surface area contributed by atoms with Gasteiger partial charge in [0.2, 0.25) is 0 Å². The molecular weight excluding hydrogens is 196 g/mol. The zero-order valence-electron chi connectivity index (χ0n) is 9.87. The third-order valence-electron chi connectivity index (χ3n) is 5.02. The first-order valence-corrected chi connectivity index (χ1v) is 6.98. The van der Waals surface area contributed by atoms with Crippen molar-refractivity contribution in [3.63, 3.8) is 0 Å². The molecule has 0 spiro atoms. The molecule has 86 valence electrons. The van der Waals surface area contributed by atoms with Crippen LogP contribution >= 0.6 is 0 Å². The topological polar surface area (TPSA) is 9.23 Å². The van der Waals surface area contributed by atoms with Gasteiger partial charge >= 0.3 is 0 Å². The van der Waals surface area contributed by atoms with E-state index in [0.29, 0.717) is 6.10 Å². The molecule has 3 atom stereocenters. The van der Waals surface area contributed by atoms with E-state index in [1.807, 2.05) is 0 Å². The quantitative estimate of drug-likeness (QED) is 0.601. The van der Waals surface area contributed by atoms with Crippen molar-refractivity contribution in [1.82, 2.24) is 0 Å². The molecule has 0 bridgehead atoms. The summed E-state index contributed by atoms with van der Waals surface area (Å²) in [5, 5.41) is 0. The van der Waals surface area contributed by atoms with Crippen molar-refractivity contribution in [1.29, 1.82) is 0 Å². The second-order valence-corrected chi connectivity index (χ2v) is 5.87. The lowest BCUT2D eigenvalue weighted by Crippen LogP contribution is -2.28. The Hall–Kier alpha value is -0.560. The number of allylic oxidation sites excluding steroid dienone is 3. The monoisotopic (exact) mass is 216 g/mol. The largest absolute Gasteiger partial charge is 0.373 e. The summed E-state index contributed by atoms with van der Waals surface area (Å²) in [6.07, 6.45) is 12.6. The Morgan fingerprint density at radius 1 is 1.12 bits per heavy atom. The van der Waals surface area contributed by atoms with Crippen molar-refractivity contribution in [3.05, 3.63) is 22.8 Å². The Morgan fingerprint density at radius 3 is 3.06 bits per heavy atom. The van der Waals surface area contributed by atoms with Crippen molar-refractivity contribution in [2.75, 3.05) is 6.61 Å². The SMILES string of the molecule is C1=C2C3=C4C(CCC3)COC4CC2CCC1. The van der Waals surface area contributed by atoms with E-state index in [9.17, 15) is 0 Å². The fourth-order valence-corrected chi connectivity index (χ4v) is 4.35. The minimum Gasteiger partial charge on any atom is -0.373 e. The van der Waals surface area contributed by atoms with E-state index in [-0.39, 0.29) is 0 Å². The smallest absolute Gasteiger partial charge is 0.0800 e. The van der Waals surface area contributed by atoms with Crippen LogP contribution in [0.1, 0.15) is 44.9 Å². The zero-order chi connectivity index (χ0) is 10.5. The van der Waals surface area contributed by atoms with Gasteiger partial charge in [0.25, 0.3) is 0 Å². The van der Waals surface area contributed by atoms with Gasteiger partial charge in [0.1, 0.15) is 0 Å². The Bertz CT molecular complexity index is 377. The lowest BCUT2D eigenvalue weighted by Gasteiger charge is -2.38. The molecule has 4 aliphatic rings. The molecule has 0 saturated carbocycles. The van der Waals surface area contributed by atoms with Gasteiger partial charge in [-0.1, -0.05) is 6.08 Å². The van der Waals surface area contributed by atoms with Crippen LogP contribution in [0, 0.1) is 11.8 Å². The highest BCUT2D eigenvalue weighted by Gasteiger charge is 2.42. The lowest BCUT2D eigenvalue weighted by molar-refractivity contribution is 0.0965. The fraction of sp³-hybridized carbons (Fsp3) is 0.733. The molecule has 1 aliphatic heterocycles. The summed E-state index contributed by atoms with van der Waals surface area (Å²) in [4.78, 5) is 0. The molecule has 16 heavy (non-hydrogen) atoms. The second kappa shape index (κ2) is 3.46. The molecule has 1 heteroatoms. The molecule has 0 N–H and O–H groups in total. The molecule has 1 heterocycles. The Kier molecular flexibility index (Phi) is 2.05. The minimum absolute atomic E-state index is 0.514. The standard InChI is InChI=1S/C15H20O/c1-2-6-12-10(4-1)8-14-15-11(9-16-14)5-3-7-13(12)15/h6,10-11,14H,1-5,7-9H2. The van der Waals surface area contributed by atoms with Gasteiger partial charge in [-0.2, -0.15) is 0 Å². The highest BCUT2D eigenvalue weighted by molar-refractivity contribution is 5.46. The van der Waals surface area contributed by atoms with E-state index < -0.39 is 0 Å². The molecule has 0 radical (unpaired) electrons. The summed E-state index contributed by atoms with van der Waals surface area (Å²) >= 11 is 0. The molecule has 3 aliphatic carbocycles. The van der Waals surface area contributed by atoms with Gasteiger partial charge in [0.05, 0.1) is 12.7 Å². The fourth-order valence-electron chi connectivity index (χ4n) is 4.35. The first kappa shape index (κ1) is 9.47. The molecule has 0 aromatic carbocycles. The van der Waals surface area contributed by atoms with Crippen molar-refractivity contribution >= 4 is 0 Å². The molecule has 3 unspecified atom stereocenters. The molecule has 1 nitrogen and oxygen atoms in total. The van der Waals surface area contributed by atoms with Crippen LogP contribution in [-0.4, -0.2) is 12.7 Å². The van der Waals surface area contributed by atoms with E-state index in [1.165, 1.54) is 44.9 Å². The van der Waals surface area contributed by atoms with Crippen molar-refractivity contribution < 1.29 is 4.74 Å². The highest BCUT2D eigenvalue weighted by Crippen LogP contribution is 2.50. The van der Waals surface area contributed by atoms with E-state index in [2.05, 4.69) is 6.08 Å². The first-order chi connectivity index (χ1) is 7.93. The second-order valence-electron chi connectivity index (χ2n) is 5.87. The number of hydrogen-bond acceptors (Lipinski definition) is 1. The van der Waals surface area contributed by atoms with Crippen LogP contribution < -0.4 is 0 Å². The average Bonchev–Trinajstić information content (AvgIpc) is 2.75. The maximum absolute atomic E-state index is 6.03. The number of hydrogen-bond donors (Lipinski definition) is 0. The normalized spacial score (nSPS) is 41.5. The van der Waals surface area contributed by atoms with Gasteiger partial charge < -0.3 is 4.74 Å². The summed E-state index contributed by atoms with van der Waals surface area (Å²) in [5.41, 5.74) is 5.22. The Labute approximate surface area is 97.6 Å². The third kappa shape index (κ3) is 1.21. The predicted octanol–water partition coefficient (Wildman–Crippen LogP) is 3.61. The summed E-state index contributed by atoms with van der Waals surface area (Å²) in [7, 11) is 0. The van der Waals surface area contributed by atoms with Gasteiger partial charge in [0.15, 0.2) is 0 Å². The Morgan fingerprint density at radius 2 is 2.06 bits per heavy atom. The van der Waals surface area contributed by atoms with Crippen LogP contribution in [0.2, 0.25) is 0 Å². The third-order valence-corrected chi connectivity index (χ3v) is 5.02. The van der Waals surface area contributed by atoms with Crippen LogP contribution in [0.4, 0.5) is 0 Å². The highest BCUT2D eigenvalue weighted by atomic mass is 16.5. The van der Waals surface area contributed by atoms with Crippen LogP contribution in [-0.2, 0) is 4.74 Å². The van der Waals surface area contributed by atoms with Gasteiger partial charge in [0, 0.05) is 5.92 Å². The maximum atomic E-state index is 6.03. The summed E-state index contributed by atoms with van der Waals surface area (Å²) in [6, 6.07) is 0. The number of fused-ring (bicyclic) bond motifs is 2. The van der Waals surface area contributed by atoms with Gasteiger partial charge in [-0.05, 0) is 67.6 Å². The van der Waals surface area contributed by atoms with Gasteiger partial charge in [-0.15, -0.1) is 0 Å². The van der Waals surface area contributed by atoms with Crippen LogP contribution in [0.25, 0.3) is 0 Å². The molecule has 4 rings (SSSR count). The van der Waals surface area contributed by atoms with Crippen LogP contribution in [0.15, 0.2) is 22.8 Å². The summed E-state index contributed by atoms with van der Waals surface area (Å²) in [5.74, 6) is 1.63. The number of ether oxygens (including phenoxy) is 1. The molecule has 1 saturated heterocycles. The minimum atomic E-state index is 0.514. The average molecular weight is 216 g/mol. The van der Waals surface area contributed by atoms with E-state index in [1.54, 1.807) is 16.7 Å². The van der Waals surface area contributed by atoms with Crippen LogP contribution in [0.5, 0.6) is 0 Å². The van der Waals surface area contributed by atoms with Crippen LogP contribution in [0.3, 0.4) is 0 Å².